The molecule has 4 atom stereocenters. The molecule has 11 nitrogen and oxygen atoms in total. The van der Waals surface area contributed by atoms with Gasteiger partial charge in [0.15, 0.2) is 6.10 Å². The standard InChI is InChI=1S/C30H39N3O8/c1-30(2,3)41-28(38)24-15-10-16-33(24)27(37)25(35)22(17-20-11-6-4-7-12-20)31-26(36)23(18-34)32-29(39)40-19-21-13-8-5-9-14-21/h4-9,11-14,22-25,34-35H,10,15-19H2,1-3H3,(H,31,36)(H,32,39)/t22-,23-,24-,25?/m0/s1. The van der Waals surface area contributed by atoms with Gasteiger partial charge in [-0.15, -0.1) is 0 Å². The lowest BCUT2D eigenvalue weighted by Crippen LogP contribution is -2.58. The second-order valence-corrected chi connectivity index (χ2v) is 10.9. The van der Waals surface area contributed by atoms with Crippen LogP contribution < -0.4 is 10.6 Å². The third-order valence-electron chi connectivity index (χ3n) is 6.48. The third-order valence-corrected chi connectivity index (χ3v) is 6.48. The lowest BCUT2D eigenvalue weighted by molar-refractivity contribution is -0.165. The van der Waals surface area contributed by atoms with Gasteiger partial charge in [-0.1, -0.05) is 60.7 Å². The van der Waals surface area contributed by atoms with E-state index in [-0.39, 0.29) is 19.6 Å². The van der Waals surface area contributed by atoms with E-state index in [9.17, 15) is 29.4 Å². The van der Waals surface area contributed by atoms with Crippen molar-refractivity contribution in [1.82, 2.24) is 15.5 Å². The Morgan fingerprint density at radius 1 is 0.976 bits per heavy atom. The number of alkyl carbamates (subject to hydrolysis) is 1. The smallest absolute Gasteiger partial charge is 0.408 e. The van der Waals surface area contributed by atoms with Gasteiger partial charge in [0.05, 0.1) is 12.6 Å². The van der Waals surface area contributed by atoms with Crippen LogP contribution >= 0.6 is 0 Å². The molecule has 1 unspecified atom stereocenters. The number of amides is 3. The Hall–Kier alpha value is -3.96. The summed E-state index contributed by atoms with van der Waals surface area (Å²) in [7, 11) is 0. The molecule has 0 bridgehead atoms. The maximum absolute atomic E-state index is 13.5. The fourth-order valence-corrected chi connectivity index (χ4v) is 4.48. The highest BCUT2D eigenvalue weighted by atomic mass is 16.6. The zero-order valence-electron chi connectivity index (χ0n) is 23.6. The molecule has 0 aromatic heterocycles. The molecule has 0 radical (unpaired) electrons. The number of hydrogen-bond acceptors (Lipinski definition) is 8. The Morgan fingerprint density at radius 3 is 2.17 bits per heavy atom. The van der Waals surface area contributed by atoms with E-state index in [1.807, 2.05) is 6.07 Å². The van der Waals surface area contributed by atoms with E-state index in [1.165, 1.54) is 4.90 Å². The monoisotopic (exact) mass is 569 g/mol. The molecule has 3 rings (SSSR count). The van der Waals surface area contributed by atoms with Gasteiger partial charge in [0, 0.05) is 6.54 Å². The first kappa shape index (κ1) is 31.6. The van der Waals surface area contributed by atoms with Gasteiger partial charge in [0.25, 0.3) is 5.91 Å². The van der Waals surface area contributed by atoms with Crippen molar-refractivity contribution in [2.24, 2.45) is 0 Å². The van der Waals surface area contributed by atoms with Crippen LogP contribution in [0, 0.1) is 0 Å². The maximum Gasteiger partial charge on any atom is 0.408 e. The number of rotatable bonds is 11. The molecule has 2 aromatic rings. The molecule has 0 saturated carbocycles. The quantitative estimate of drug-likeness (QED) is 0.298. The SMILES string of the molecule is CC(C)(C)OC(=O)[C@@H]1CCCN1C(=O)C(O)[C@H](Cc1ccccc1)NC(=O)[C@H](CO)NC(=O)OCc1ccccc1. The predicted molar refractivity (Wildman–Crippen MR) is 149 cm³/mol. The molecule has 1 fully saturated rings. The van der Waals surface area contributed by atoms with E-state index in [2.05, 4.69) is 10.6 Å². The molecule has 11 heteroatoms. The van der Waals surface area contributed by atoms with E-state index >= 15 is 0 Å². The first-order chi connectivity index (χ1) is 19.5. The molecule has 4 N–H and O–H groups in total. The zero-order valence-corrected chi connectivity index (χ0v) is 23.6. The van der Waals surface area contributed by atoms with Crippen molar-refractivity contribution < 1.29 is 38.9 Å². The number of aliphatic hydroxyl groups is 2. The van der Waals surface area contributed by atoms with Crippen LogP contribution in [0.4, 0.5) is 4.79 Å². The summed E-state index contributed by atoms with van der Waals surface area (Å²) in [6, 6.07) is 14.5. The molecule has 41 heavy (non-hydrogen) atoms. The van der Waals surface area contributed by atoms with Crippen molar-refractivity contribution in [2.75, 3.05) is 13.2 Å². The van der Waals surface area contributed by atoms with Gasteiger partial charge in [0.1, 0.15) is 24.3 Å². The predicted octanol–water partition coefficient (Wildman–Crippen LogP) is 1.69. The largest absolute Gasteiger partial charge is 0.458 e. The first-order valence-corrected chi connectivity index (χ1v) is 13.6. The van der Waals surface area contributed by atoms with Gasteiger partial charge in [-0.05, 0) is 51.2 Å². The van der Waals surface area contributed by atoms with E-state index in [0.717, 1.165) is 11.1 Å². The Morgan fingerprint density at radius 2 is 1.59 bits per heavy atom. The van der Waals surface area contributed by atoms with E-state index in [0.29, 0.717) is 12.8 Å². The second kappa shape index (κ2) is 14.6. The Kier molecular flexibility index (Phi) is 11.2. The molecular weight excluding hydrogens is 530 g/mol. The van der Waals surface area contributed by atoms with Crippen LogP contribution in [0.5, 0.6) is 0 Å². The minimum Gasteiger partial charge on any atom is -0.458 e. The number of hydrogen-bond donors (Lipinski definition) is 4. The Labute approximate surface area is 239 Å². The van der Waals surface area contributed by atoms with Gasteiger partial charge in [-0.3, -0.25) is 9.59 Å². The molecule has 1 heterocycles. The van der Waals surface area contributed by atoms with E-state index in [1.54, 1.807) is 75.4 Å². The number of nitrogens with one attached hydrogen (secondary N) is 2. The highest BCUT2D eigenvalue weighted by molar-refractivity contribution is 5.90. The number of benzene rings is 2. The normalized spacial score (nSPS) is 17.2. The number of likely N-dealkylation sites (tertiary alicyclic amines) is 1. The average molecular weight is 570 g/mol. The van der Waals surface area contributed by atoms with Crippen molar-refractivity contribution in [3.05, 3.63) is 71.8 Å². The van der Waals surface area contributed by atoms with Gasteiger partial charge < -0.3 is 35.2 Å². The van der Waals surface area contributed by atoms with Gasteiger partial charge in [-0.25, -0.2) is 9.59 Å². The molecule has 3 amide bonds. The summed E-state index contributed by atoms with van der Waals surface area (Å²) in [6.07, 6.45) is -1.62. The number of esters is 1. The fraction of sp³-hybridized carbons (Fsp3) is 0.467. The number of carbonyl (C=O) groups is 4. The van der Waals surface area contributed by atoms with Crippen LogP contribution in [0.15, 0.2) is 60.7 Å². The van der Waals surface area contributed by atoms with Gasteiger partial charge >= 0.3 is 12.1 Å². The van der Waals surface area contributed by atoms with Crippen LogP contribution in [0.25, 0.3) is 0 Å². The molecule has 222 valence electrons. The molecule has 0 aliphatic carbocycles. The zero-order chi connectivity index (χ0) is 30.0. The molecule has 1 aliphatic heterocycles. The Bertz CT molecular complexity index is 1170. The fourth-order valence-electron chi connectivity index (χ4n) is 4.48. The van der Waals surface area contributed by atoms with Crippen molar-refractivity contribution in [1.29, 1.82) is 0 Å². The van der Waals surface area contributed by atoms with Crippen LogP contribution in [-0.4, -0.2) is 82.0 Å². The second-order valence-electron chi connectivity index (χ2n) is 10.9. The minimum atomic E-state index is -1.72. The van der Waals surface area contributed by atoms with Crippen LogP contribution in [0.1, 0.15) is 44.7 Å². The number of aliphatic hydroxyl groups excluding tert-OH is 2. The number of nitrogens with zero attached hydrogens (tertiary/aromatic N) is 1. The average Bonchev–Trinajstić information content (AvgIpc) is 3.44. The van der Waals surface area contributed by atoms with Crippen molar-refractivity contribution in [3.63, 3.8) is 0 Å². The van der Waals surface area contributed by atoms with Crippen LogP contribution in [0.2, 0.25) is 0 Å². The topological polar surface area (TPSA) is 154 Å². The van der Waals surface area contributed by atoms with Crippen LogP contribution in [-0.2, 0) is 36.9 Å². The van der Waals surface area contributed by atoms with Crippen molar-refractivity contribution in [3.8, 4) is 0 Å². The van der Waals surface area contributed by atoms with E-state index in [4.69, 9.17) is 9.47 Å². The maximum atomic E-state index is 13.5. The number of ether oxygens (including phenoxy) is 2. The van der Waals surface area contributed by atoms with Gasteiger partial charge in [-0.2, -0.15) is 0 Å². The lowest BCUT2D eigenvalue weighted by atomic mass is 9.99. The molecule has 1 aliphatic rings. The lowest BCUT2D eigenvalue weighted by Gasteiger charge is -2.32. The highest BCUT2D eigenvalue weighted by Gasteiger charge is 2.41. The summed E-state index contributed by atoms with van der Waals surface area (Å²) in [6.45, 7) is 4.66. The molecule has 1 saturated heterocycles. The molecule has 2 aromatic carbocycles. The highest BCUT2D eigenvalue weighted by Crippen LogP contribution is 2.23. The third kappa shape index (κ3) is 9.58. The minimum absolute atomic E-state index is 0.0368. The number of carbonyl (C=O) groups excluding carboxylic acids is 4. The Balaban J connectivity index is 1.70. The molecular formula is C30H39N3O8. The van der Waals surface area contributed by atoms with E-state index < -0.39 is 60.3 Å². The summed E-state index contributed by atoms with van der Waals surface area (Å²) >= 11 is 0. The summed E-state index contributed by atoms with van der Waals surface area (Å²) in [5.41, 5.74) is 0.722. The van der Waals surface area contributed by atoms with Crippen molar-refractivity contribution in [2.45, 2.75) is 76.5 Å². The summed E-state index contributed by atoms with van der Waals surface area (Å²) in [4.78, 5) is 52.9. The van der Waals surface area contributed by atoms with Crippen molar-refractivity contribution >= 4 is 23.9 Å². The summed E-state index contributed by atoms with van der Waals surface area (Å²) < 4.78 is 10.6. The summed E-state index contributed by atoms with van der Waals surface area (Å²) in [5.74, 6) is -2.10. The summed E-state index contributed by atoms with van der Waals surface area (Å²) in [5, 5.41) is 25.9. The molecule has 0 spiro atoms. The van der Waals surface area contributed by atoms with Gasteiger partial charge in [0.2, 0.25) is 5.91 Å². The first-order valence-electron chi connectivity index (χ1n) is 13.6. The van der Waals surface area contributed by atoms with Crippen LogP contribution in [0.3, 0.4) is 0 Å².